The fourth-order valence-corrected chi connectivity index (χ4v) is 11.3. The number of carbonyl (C=O) groups excluding carboxylic acids is 4. The first-order valence-electron chi connectivity index (χ1n) is 40.3. The van der Waals surface area contributed by atoms with Gasteiger partial charge in [0, 0.05) is 25.7 Å². The van der Waals surface area contributed by atoms with Crippen LogP contribution in [0.2, 0.25) is 0 Å². The third-order valence-electron chi connectivity index (χ3n) is 15.7. The van der Waals surface area contributed by atoms with Gasteiger partial charge in [-0.05, 0) is 173 Å². The van der Waals surface area contributed by atoms with E-state index in [9.17, 15) is 43.2 Å². The lowest BCUT2D eigenvalue weighted by atomic mass is 10.1. The molecule has 108 heavy (non-hydrogen) atoms. The van der Waals surface area contributed by atoms with Crippen LogP contribution >= 0.6 is 15.6 Å². The van der Waals surface area contributed by atoms with Crippen LogP contribution in [-0.4, -0.2) is 96.7 Å². The molecule has 0 spiro atoms. The van der Waals surface area contributed by atoms with Crippen LogP contribution in [0.3, 0.4) is 0 Å². The molecule has 5 unspecified atom stereocenters. The molecule has 0 bridgehead atoms. The predicted molar refractivity (Wildman–Crippen MR) is 445 cm³/mol. The zero-order valence-electron chi connectivity index (χ0n) is 66.4. The molecule has 0 saturated carbocycles. The highest BCUT2D eigenvalue weighted by Crippen LogP contribution is 2.45. The average molecular weight is 1540 g/mol. The summed E-state index contributed by atoms with van der Waals surface area (Å²) >= 11 is 0. The lowest BCUT2D eigenvalue weighted by Gasteiger charge is -2.21. The zero-order valence-corrected chi connectivity index (χ0v) is 68.2. The largest absolute Gasteiger partial charge is 0.472 e. The predicted octanol–water partition coefficient (Wildman–Crippen LogP) is 23.9. The van der Waals surface area contributed by atoms with Gasteiger partial charge in [-0.3, -0.25) is 37.3 Å². The fraction of sp³-hybridized carbons (Fsp3) is 0.573. The molecule has 0 aliphatic rings. The number of phosphoric acid groups is 2. The minimum atomic E-state index is -5.02. The highest BCUT2D eigenvalue weighted by molar-refractivity contribution is 7.47. The van der Waals surface area contributed by atoms with E-state index in [0.717, 1.165) is 180 Å². The van der Waals surface area contributed by atoms with E-state index in [-0.39, 0.29) is 25.7 Å². The second-order valence-electron chi connectivity index (χ2n) is 25.9. The van der Waals surface area contributed by atoms with Gasteiger partial charge >= 0.3 is 39.5 Å². The lowest BCUT2D eigenvalue weighted by molar-refractivity contribution is -0.161. The van der Waals surface area contributed by atoms with E-state index in [0.29, 0.717) is 32.1 Å². The number of aliphatic hydroxyl groups excluding tert-OH is 1. The van der Waals surface area contributed by atoms with Crippen LogP contribution in [0.5, 0.6) is 0 Å². The van der Waals surface area contributed by atoms with Gasteiger partial charge in [0.15, 0.2) is 12.2 Å². The Morgan fingerprint density at radius 1 is 0.269 bits per heavy atom. The smallest absolute Gasteiger partial charge is 0.462 e. The minimum absolute atomic E-state index is 0.0191. The molecule has 19 heteroatoms. The number of hydrogen-bond acceptors (Lipinski definition) is 15. The average Bonchev–Trinajstić information content (AvgIpc) is 0.917. The molecule has 17 nitrogen and oxygen atoms in total. The quantitative estimate of drug-likeness (QED) is 0.0169. The highest BCUT2D eigenvalue weighted by Gasteiger charge is 2.30. The summed E-state index contributed by atoms with van der Waals surface area (Å²) in [4.78, 5) is 73.0. The second kappa shape index (κ2) is 78.8. The van der Waals surface area contributed by atoms with Gasteiger partial charge in [0.25, 0.3) is 0 Å². The van der Waals surface area contributed by atoms with Gasteiger partial charge in [-0.25, -0.2) is 9.13 Å². The van der Waals surface area contributed by atoms with Crippen molar-refractivity contribution >= 4 is 39.5 Å². The van der Waals surface area contributed by atoms with Crippen LogP contribution in [0.1, 0.15) is 272 Å². The van der Waals surface area contributed by atoms with Crippen LogP contribution in [0.4, 0.5) is 0 Å². The zero-order chi connectivity index (χ0) is 78.9. The Labute approximate surface area is 652 Å². The van der Waals surface area contributed by atoms with Crippen LogP contribution in [-0.2, 0) is 65.4 Å². The van der Waals surface area contributed by atoms with E-state index in [4.69, 9.17) is 37.0 Å². The summed E-state index contributed by atoms with van der Waals surface area (Å²) in [6.45, 7) is 4.28. The molecule has 608 valence electrons. The first kappa shape index (κ1) is 102. The normalized spacial score (nSPS) is 14.9. The summed E-state index contributed by atoms with van der Waals surface area (Å²) in [5.41, 5.74) is 0. The molecule has 0 aliphatic carbocycles. The van der Waals surface area contributed by atoms with Crippen LogP contribution in [0.15, 0.2) is 207 Å². The number of carbonyl (C=O) groups is 4. The van der Waals surface area contributed by atoms with Crippen molar-refractivity contribution in [3.8, 4) is 0 Å². The van der Waals surface area contributed by atoms with Gasteiger partial charge in [-0.2, -0.15) is 0 Å². The molecule has 0 radical (unpaired) electrons. The molecular weight excluding hydrogens is 1400 g/mol. The van der Waals surface area contributed by atoms with Gasteiger partial charge in [0.2, 0.25) is 0 Å². The van der Waals surface area contributed by atoms with Crippen molar-refractivity contribution in [2.24, 2.45) is 0 Å². The summed E-state index contributed by atoms with van der Waals surface area (Å²) in [5.74, 6) is -2.38. The van der Waals surface area contributed by atoms with Crippen LogP contribution in [0.25, 0.3) is 0 Å². The van der Waals surface area contributed by atoms with E-state index < -0.39 is 97.5 Å². The monoisotopic (exact) mass is 1540 g/mol. The molecule has 0 amide bonds. The summed E-state index contributed by atoms with van der Waals surface area (Å²) in [6.07, 6.45) is 98.3. The Bertz CT molecular complexity index is 2860. The maximum Gasteiger partial charge on any atom is 0.472 e. The molecule has 0 aromatic heterocycles. The molecule has 0 fully saturated rings. The van der Waals surface area contributed by atoms with Gasteiger partial charge in [-0.15, -0.1) is 0 Å². The number of phosphoric ester groups is 2. The van der Waals surface area contributed by atoms with Crippen LogP contribution < -0.4 is 0 Å². The maximum atomic E-state index is 13.1. The van der Waals surface area contributed by atoms with Gasteiger partial charge in [-0.1, -0.05) is 279 Å². The van der Waals surface area contributed by atoms with Crippen molar-refractivity contribution in [2.45, 2.75) is 290 Å². The minimum Gasteiger partial charge on any atom is -0.462 e. The number of allylic oxidation sites excluding steroid dienone is 34. The Kier molecular flexibility index (Phi) is 74.1. The van der Waals surface area contributed by atoms with E-state index in [1.54, 1.807) is 0 Å². The molecule has 5 atom stereocenters. The summed E-state index contributed by atoms with van der Waals surface area (Å²) in [7, 11) is -10.0. The SMILES string of the molecule is CC/C=C\C/C=C\C/C=C\C/C=C\C/C=C\C/C=C\CCC(=O)OCC(COP(=O)(O)OCC(O)COP(=O)(O)OCC(COC(=O)CCCCC/C=C\C/C=C\C/C=C\C/C=C\C/C=C\CC)OC(=O)CCCCCCC/C=C\CCCC)OC(=O)CCCCC/C=C\C/C=C\C/C=C\C/C=C\C/C=C\CC. The Morgan fingerprint density at radius 2 is 0.500 bits per heavy atom. The van der Waals surface area contributed by atoms with E-state index in [2.05, 4.69) is 216 Å². The standard InChI is InChI=1S/C89H140O17P2/c1-5-9-13-17-21-25-29-32-35-38-41-44-47-50-54-57-61-65-69-73-86(91)99-79-84(105-88(93)75-71-67-63-59-53-28-24-20-16-12-8-4)81-103-107(95,96)101-77-83(90)78-102-108(97,98)104-82-85(106-89(94)76-72-68-64-60-56-52-49-46-43-40-37-34-31-27-23-19-15-11-7-3)80-100-87(92)74-70-66-62-58-55-51-48-45-42-39-36-33-30-26-22-18-14-10-6-2/h9-11,13-15,20-27,32-37,41-46,50-52,54-56,62,66,83-85,90H,5-8,12,16-19,28-31,38-40,47-49,53,57-61,63-65,67-82H2,1-4H3,(H,95,96)(H,97,98)/b13-9-,14-10-,15-11-,24-20-,25-21-,26-22-,27-23-,35-32-,36-33-,37-34-,44-41-,45-42-,46-43-,54-50-,55-51-,56-52-,66-62-. The Morgan fingerprint density at radius 3 is 0.815 bits per heavy atom. The summed E-state index contributed by atoms with van der Waals surface area (Å²) in [6, 6.07) is 0. The molecular formula is C89H140O17P2. The number of ether oxygens (including phenoxy) is 4. The molecule has 0 aliphatic heterocycles. The molecule has 0 rings (SSSR count). The third-order valence-corrected chi connectivity index (χ3v) is 17.6. The Balaban J connectivity index is 5.50. The van der Waals surface area contributed by atoms with Crippen molar-refractivity contribution in [3.63, 3.8) is 0 Å². The molecule has 0 heterocycles. The number of hydrogen-bond donors (Lipinski definition) is 3. The number of unbranched alkanes of at least 4 members (excludes halogenated alkanes) is 13. The van der Waals surface area contributed by atoms with Crippen LogP contribution in [0, 0.1) is 0 Å². The summed E-state index contributed by atoms with van der Waals surface area (Å²) < 4.78 is 68.5. The van der Waals surface area contributed by atoms with Crippen molar-refractivity contribution in [3.05, 3.63) is 207 Å². The third kappa shape index (κ3) is 77.8. The van der Waals surface area contributed by atoms with Crippen molar-refractivity contribution < 1.29 is 80.2 Å². The van der Waals surface area contributed by atoms with Crippen molar-refractivity contribution in [1.29, 1.82) is 0 Å². The fourth-order valence-electron chi connectivity index (χ4n) is 9.69. The molecule has 0 aromatic carbocycles. The topological polar surface area (TPSA) is 237 Å². The number of esters is 4. The maximum absolute atomic E-state index is 13.1. The van der Waals surface area contributed by atoms with Gasteiger partial charge < -0.3 is 33.8 Å². The van der Waals surface area contributed by atoms with Gasteiger partial charge in [0.1, 0.15) is 19.3 Å². The lowest BCUT2D eigenvalue weighted by Crippen LogP contribution is -2.30. The number of aliphatic hydroxyl groups is 1. The molecule has 0 saturated heterocycles. The second-order valence-corrected chi connectivity index (χ2v) is 28.8. The van der Waals surface area contributed by atoms with E-state index in [1.165, 1.54) is 6.42 Å². The van der Waals surface area contributed by atoms with E-state index in [1.807, 2.05) is 18.2 Å². The van der Waals surface area contributed by atoms with Gasteiger partial charge in [0.05, 0.1) is 26.4 Å². The number of rotatable bonds is 73. The van der Waals surface area contributed by atoms with Crippen molar-refractivity contribution in [1.82, 2.24) is 0 Å². The first-order valence-corrected chi connectivity index (χ1v) is 43.3. The molecule has 0 aromatic rings. The summed E-state index contributed by atoms with van der Waals surface area (Å²) in [5, 5.41) is 10.6. The first-order chi connectivity index (χ1) is 52.7. The molecule has 3 N–H and O–H groups in total. The Hall–Kier alpha value is -6.36. The highest BCUT2D eigenvalue weighted by atomic mass is 31.2. The van der Waals surface area contributed by atoms with Crippen molar-refractivity contribution in [2.75, 3.05) is 39.6 Å². The van der Waals surface area contributed by atoms with E-state index >= 15 is 0 Å².